The van der Waals surface area contributed by atoms with Crippen LogP contribution in [0.4, 0.5) is 0 Å². The van der Waals surface area contributed by atoms with Crippen molar-refractivity contribution in [2.45, 2.75) is 212 Å². The Morgan fingerprint density at radius 1 is 0.537 bits per heavy atom. The summed E-state index contributed by atoms with van der Waals surface area (Å²) >= 11 is 0. The maximum atomic E-state index is 12.9. The molecule has 2 N–H and O–H groups in total. The van der Waals surface area contributed by atoms with Crippen LogP contribution in [0.15, 0.2) is 109 Å². The van der Waals surface area contributed by atoms with Crippen molar-refractivity contribution in [3.63, 3.8) is 0 Å². The molecule has 0 fully saturated rings. The van der Waals surface area contributed by atoms with Gasteiger partial charge in [-0.1, -0.05) is 220 Å². The van der Waals surface area contributed by atoms with Crippen molar-refractivity contribution in [1.29, 1.82) is 0 Å². The van der Waals surface area contributed by atoms with Crippen LogP contribution in [0.3, 0.4) is 0 Å². The van der Waals surface area contributed by atoms with Gasteiger partial charge in [0, 0.05) is 6.42 Å². The number of hydrogen-bond acceptors (Lipinski definition) is 6. The van der Waals surface area contributed by atoms with Gasteiger partial charge in [-0.3, -0.25) is 9.36 Å². The number of hydrogen-bond donors (Lipinski definition) is 2. The number of amides is 1. The summed E-state index contributed by atoms with van der Waals surface area (Å²) in [5, 5.41) is 13.9. The zero-order valence-corrected chi connectivity index (χ0v) is 44.5. The average molecular weight is 953 g/mol. The highest BCUT2D eigenvalue weighted by molar-refractivity contribution is 7.45. The highest BCUT2D eigenvalue weighted by atomic mass is 31.2. The summed E-state index contributed by atoms with van der Waals surface area (Å²) in [6.45, 7) is 4.56. The number of quaternary nitrogens is 1. The van der Waals surface area contributed by atoms with Gasteiger partial charge in [0.05, 0.1) is 39.9 Å². The van der Waals surface area contributed by atoms with Crippen LogP contribution < -0.4 is 10.2 Å². The third kappa shape index (κ3) is 50.9. The second-order valence-corrected chi connectivity index (χ2v) is 20.3. The minimum Gasteiger partial charge on any atom is -0.756 e. The van der Waals surface area contributed by atoms with Crippen LogP contribution in [0.25, 0.3) is 0 Å². The predicted octanol–water partition coefficient (Wildman–Crippen LogP) is 15.4. The van der Waals surface area contributed by atoms with E-state index in [9.17, 15) is 19.4 Å². The first-order valence-electron chi connectivity index (χ1n) is 26.7. The Labute approximate surface area is 412 Å². The van der Waals surface area contributed by atoms with E-state index in [2.05, 4.69) is 129 Å². The van der Waals surface area contributed by atoms with Gasteiger partial charge in [-0.25, -0.2) is 0 Å². The Hall–Kier alpha value is -2.84. The van der Waals surface area contributed by atoms with E-state index in [1.165, 1.54) is 57.8 Å². The molecule has 0 radical (unpaired) electrons. The molecule has 9 heteroatoms. The number of phosphoric acid groups is 1. The molecule has 0 rings (SSSR count). The minimum absolute atomic E-state index is 0.00207. The summed E-state index contributed by atoms with van der Waals surface area (Å²) < 4.78 is 23.3. The molecule has 0 aromatic heterocycles. The van der Waals surface area contributed by atoms with E-state index < -0.39 is 20.0 Å². The van der Waals surface area contributed by atoms with Crippen molar-refractivity contribution in [2.24, 2.45) is 0 Å². The monoisotopic (exact) mass is 953 g/mol. The van der Waals surface area contributed by atoms with Gasteiger partial charge in [-0.05, 0) is 83.5 Å². The van der Waals surface area contributed by atoms with Gasteiger partial charge in [0.2, 0.25) is 5.91 Å². The number of aliphatic hydroxyl groups excluding tert-OH is 1. The van der Waals surface area contributed by atoms with Crippen molar-refractivity contribution in [3.05, 3.63) is 109 Å². The molecule has 3 atom stereocenters. The van der Waals surface area contributed by atoms with Gasteiger partial charge in [0.25, 0.3) is 7.82 Å². The Kier molecular flexibility index (Phi) is 46.2. The summed E-state index contributed by atoms with van der Waals surface area (Å²) in [5.41, 5.74) is 0. The van der Waals surface area contributed by atoms with Crippen molar-refractivity contribution < 1.29 is 32.9 Å². The number of aliphatic hydroxyl groups is 1. The summed E-state index contributed by atoms with van der Waals surface area (Å²) in [4.78, 5) is 25.4. The van der Waals surface area contributed by atoms with Crippen molar-refractivity contribution in [3.8, 4) is 0 Å². The molecule has 0 aliphatic rings. The Morgan fingerprint density at radius 3 is 1.33 bits per heavy atom. The summed E-state index contributed by atoms with van der Waals surface area (Å²) in [7, 11) is 1.27. The molecular formula is C58H101N2O6P. The average Bonchev–Trinajstić information content (AvgIpc) is 3.29. The molecular weight excluding hydrogens is 852 g/mol. The number of phosphoric ester groups is 1. The Bertz CT molecular complexity index is 1450. The van der Waals surface area contributed by atoms with Crippen LogP contribution >= 0.6 is 7.82 Å². The van der Waals surface area contributed by atoms with Gasteiger partial charge >= 0.3 is 0 Å². The second-order valence-electron chi connectivity index (χ2n) is 18.9. The molecule has 0 spiro atoms. The van der Waals surface area contributed by atoms with Crippen LogP contribution in [-0.2, 0) is 18.4 Å². The van der Waals surface area contributed by atoms with Gasteiger partial charge in [0.1, 0.15) is 13.2 Å². The Morgan fingerprint density at radius 2 is 0.910 bits per heavy atom. The van der Waals surface area contributed by atoms with Crippen molar-refractivity contribution in [1.82, 2.24) is 5.32 Å². The standard InChI is InChI=1S/C58H101N2O6P/c1-6-8-10-12-14-16-18-20-21-22-23-24-25-26-27-28-29-30-31-32-33-34-35-36-37-38-39-40-42-44-46-48-50-52-58(62)59-56(55-66-67(63,64)65-54-53-60(3,4)5)57(61)51-49-47-45-43-41-19-17-15-13-11-9-7-2/h8,10,14,16,20-21,23-24,26-27,29-30,32-33,35-36,38-39,56-57,61H,6-7,9,11-13,15,17-19,22,25,28,31,34,37,40-55H2,1-5H3,(H-,59,62,63,64)/b10-8-,16-14-,21-20-,24-23-,27-26-,30-29-,33-32-,36-35-,39-38-. The van der Waals surface area contributed by atoms with Crippen molar-refractivity contribution in [2.75, 3.05) is 40.9 Å². The molecule has 3 unspecified atom stereocenters. The number of unbranched alkanes of at least 4 members (excludes halogenated alkanes) is 16. The highest BCUT2D eigenvalue weighted by Gasteiger charge is 2.24. The van der Waals surface area contributed by atoms with Crippen LogP contribution in [0, 0.1) is 0 Å². The van der Waals surface area contributed by atoms with E-state index >= 15 is 0 Å². The number of nitrogens with zero attached hydrogens (tertiary/aromatic N) is 1. The largest absolute Gasteiger partial charge is 0.756 e. The first-order valence-corrected chi connectivity index (χ1v) is 28.2. The fraction of sp³-hybridized carbons (Fsp3) is 0.672. The zero-order valence-electron chi connectivity index (χ0n) is 43.6. The van der Waals surface area contributed by atoms with Crippen molar-refractivity contribution >= 4 is 13.7 Å². The maximum Gasteiger partial charge on any atom is 0.268 e. The zero-order chi connectivity index (χ0) is 49.2. The first kappa shape index (κ1) is 64.2. The minimum atomic E-state index is -4.58. The van der Waals surface area contributed by atoms with Crippen LogP contribution in [0.2, 0.25) is 0 Å². The lowest BCUT2D eigenvalue weighted by Gasteiger charge is -2.30. The Balaban J connectivity index is 4.22. The molecule has 8 nitrogen and oxygen atoms in total. The molecule has 384 valence electrons. The lowest BCUT2D eigenvalue weighted by atomic mass is 10.0. The summed E-state index contributed by atoms with van der Waals surface area (Å²) in [6, 6.07) is -0.818. The summed E-state index contributed by atoms with van der Waals surface area (Å²) in [6.07, 6.45) is 69.7. The van der Waals surface area contributed by atoms with E-state index in [0.717, 1.165) is 116 Å². The van der Waals surface area contributed by atoms with Crippen LogP contribution in [0.5, 0.6) is 0 Å². The number of carbonyl (C=O) groups excluding carboxylic acids is 1. The number of allylic oxidation sites excluding steroid dienone is 18. The molecule has 0 bridgehead atoms. The fourth-order valence-corrected chi connectivity index (χ4v) is 7.81. The topological polar surface area (TPSA) is 108 Å². The van der Waals surface area contributed by atoms with E-state index in [1.807, 2.05) is 21.1 Å². The molecule has 0 saturated carbocycles. The molecule has 67 heavy (non-hydrogen) atoms. The van der Waals surface area contributed by atoms with Gasteiger partial charge < -0.3 is 28.8 Å². The lowest BCUT2D eigenvalue weighted by molar-refractivity contribution is -0.870. The molecule has 0 aliphatic carbocycles. The molecule has 0 aliphatic heterocycles. The van der Waals surface area contributed by atoms with E-state index in [-0.39, 0.29) is 19.1 Å². The number of likely N-dealkylation sites (N-methyl/N-ethyl adjacent to an activating group) is 1. The van der Waals surface area contributed by atoms with Crippen LogP contribution in [0.1, 0.15) is 200 Å². The predicted molar refractivity (Wildman–Crippen MR) is 288 cm³/mol. The SMILES string of the molecule is CC/C=C\C/C=C\C/C=C\C/C=C\C/C=C\C/C=C\C/C=C\C/C=C\C/C=C\CCCCCCCC(=O)NC(COP(=O)([O-])OCC[N+](C)(C)C)C(O)CCCCCCCCCCCCCC. The third-order valence-electron chi connectivity index (χ3n) is 11.3. The number of carbonyl (C=O) groups is 1. The first-order chi connectivity index (χ1) is 32.5. The quantitative estimate of drug-likeness (QED) is 0.0272. The number of rotatable bonds is 47. The van der Waals surface area contributed by atoms with Gasteiger partial charge in [-0.15, -0.1) is 0 Å². The molecule has 0 aromatic rings. The normalized spacial score (nSPS) is 14.9. The van der Waals surface area contributed by atoms with Gasteiger partial charge in [-0.2, -0.15) is 0 Å². The lowest BCUT2D eigenvalue weighted by Crippen LogP contribution is -2.46. The third-order valence-corrected chi connectivity index (χ3v) is 12.2. The van der Waals surface area contributed by atoms with E-state index in [4.69, 9.17) is 9.05 Å². The molecule has 0 aromatic carbocycles. The smallest absolute Gasteiger partial charge is 0.268 e. The maximum absolute atomic E-state index is 12.9. The van der Waals surface area contributed by atoms with Crippen LogP contribution in [-0.4, -0.2) is 68.5 Å². The summed E-state index contributed by atoms with van der Waals surface area (Å²) in [5.74, 6) is -0.189. The molecule has 0 saturated heterocycles. The fourth-order valence-electron chi connectivity index (χ4n) is 7.09. The number of nitrogens with one attached hydrogen (secondary N) is 1. The molecule has 0 heterocycles. The second kappa shape index (κ2) is 48.2. The van der Waals surface area contributed by atoms with E-state index in [0.29, 0.717) is 23.9 Å². The molecule has 1 amide bonds. The van der Waals surface area contributed by atoms with E-state index in [1.54, 1.807) is 0 Å². The van der Waals surface area contributed by atoms with Gasteiger partial charge in [0.15, 0.2) is 0 Å². The highest BCUT2D eigenvalue weighted by Crippen LogP contribution is 2.38.